The van der Waals surface area contributed by atoms with Gasteiger partial charge in [-0.05, 0) is 18.6 Å². The van der Waals surface area contributed by atoms with Gasteiger partial charge in [0, 0.05) is 23.9 Å². The summed E-state index contributed by atoms with van der Waals surface area (Å²) in [6, 6.07) is 3.91. The number of aryl methyl sites for hydroxylation is 1. The summed E-state index contributed by atoms with van der Waals surface area (Å²) in [6.07, 6.45) is 1.22. The van der Waals surface area contributed by atoms with Crippen LogP contribution in [-0.2, 0) is 15.8 Å². The molecule has 8 heteroatoms. The summed E-state index contributed by atoms with van der Waals surface area (Å²) in [5, 5.41) is 0. The standard InChI is InChI=1S/C13H12F2N2O3S/c1-8-4-13(18)16-6-12(8)17-21(19,20)7-9-2-3-10(14)5-11(9)15/h2-6,17H,7H2,1H3,(H,16,18). The average molecular weight is 314 g/mol. The molecule has 0 amide bonds. The van der Waals surface area contributed by atoms with E-state index in [-0.39, 0.29) is 16.8 Å². The highest BCUT2D eigenvalue weighted by molar-refractivity contribution is 7.91. The molecule has 1 heterocycles. The first-order valence-electron chi connectivity index (χ1n) is 5.90. The molecule has 2 rings (SSSR count). The summed E-state index contributed by atoms with van der Waals surface area (Å²) >= 11 is 0. The number of benzene rings is 1. The van der Waals surface area contributed by atoms with E-state index in [4.69, 9.17) is 0 Å². The van der Waals surface area contributed by atoms with Crippen LogP contribution in [0.3, 0.4) is 0 Å². The number of anilines is 1. The smallest absolute Gasteiger partial charge is 0.248 e. The number of sulfonamides is 1. The van der Waals surface area contributed by atoms with Crippen LogP contribution in [0.15, 0.2) is 35.3 Å². The lowest BCUT2D eigenvalue weighted by atomic mass is 10.2. The van der Waals surface area contributed by atoms with Crippen LogP contribution < -0.4 is 10.3 Å². The van der Waals surface area contributed by atoms with Crippen LogP contribution in [0.1, 0.15) is 11.1 Å². The second-order valence-corrected chi connectivity index (χ2v) is 6.21. The van der Waals surface area contributed by atoms with Crippen molar-refractivity contribution in [3.05, 3.63) is 63.6 Å². The maximum Gasteiger partial charge on any atom is 0.248 e. The van der Waals surface area contributed by atoms with Crippen LogP contribution in [0.5, 0.6) is 0 Å². The van der Waals surface area contributed by atoms with Gasteiger partial charge in [-0.2, -0.15) is 0 Å². The number of hydrogen-bond acceptors (Lipinski definition) is 3. The molecule has 0 spiro atoms. The largest absolute Gasteiger partial charge is 0.327 e. The fraction of sp³-hybridized carbons (Fsp3) is 0.154. The van der Waals surface area contributed by atoms with E-state index in [0.717, 1.165) is 12.1 Å². The average Bonchev–Trinajstić information content (AvgIpc) is 2.36. The molecule has 0 unspecified atom stereocenters. The SMILES string of the molecule is Cc1cc(=O)[nH]cc1NS(=O)(=O)Cc1ccc(F)cc1F. The lowest BCUT2D eigenvalue weighted by molar-refractivity contribution is 0.570. The van der Waals surface area contributed by atoms with Gasteiger partial charge in [-0.3, -0.25) is 9.52 Å². The van der Waals surface area contributed by atoms with Crippen LogP contribution in [0.2, 0.25) is 0 Å². The van der Waals surface area contributed by atoms with Crippen molar-refractivity contribution >= 4 is 15.7 Å². The number of rotatable bonds is 4. The number of hydrogen-bond donors (Lipinski definition) is 2. The second-order valence-electron chi connectivity index (χ2n) is 4.49. The predicted octanol–water partition coefficient (Wildman–Crippen LogP) is 1.90. The van der Waals surface area contributed by atoms with Crippen molar-refractivity contribution in [1.82, 2.24) is 4.98 Å². The summed E-state index contributed by atoms with van der Waals surface area (Å²) in [7, 11) is -3.89. The molecule has 2 aromatic rings. The Labute approximate surface area is 119 Å². The molecule has 0 radical (unpaired) electrons. The van der Waals surface area contributed by atoms with E-state index in [1.807, 2.05) is 0 Å². The Kier molecular flexibility index (Phi) is 4.08. The number of nitrogens with one attached hydrogen (secondary N) is 2. The Bertz CT molecular complexity index is 832. The Morgan fingerprint density at radius 1 is 1.24 bits per heavy atom. The minimum absolute atomic E-state index is 0.147. The molecule has 112 valence electrons. The van der Waals surface area contributed by atoms with Crippen molar-refractivity contribution < 1.29 is 17.2 Å². The van der Waals surface area contributed by atoms with Crippen LogP contribution >= 0.6 is 0 Å². The Hall–Kier alpha value is -2.22. The predicted molar refractivity (Wildman–Crippen MR) is 74.4 cm³/mol. The van der Waals surface area contributed by atoms with Gasteiger partial charge in [-0.1, -0.05) is 6.07 Å². The number of halogens is 2. The topological polar surface area (TPSA) is 79.0 Å². The van der Waals surface area contributed by atoms with Crippen molar-refractivity contribution in [3.63, 3.8) is 0 Å². The number of aromatic nitrogens is 1. The van der Waals surface area contributed by atoms with E-state index >= 15 is 0 Å². The third-order valence-corrected chi connectivity index (χ3v) is 3.98. The molecule has 0 fully saturated rings. The van der Waals surface area contributed by atoms with Crippen LogP contribution in [-0.4, -0.2) is 13.4 Å². The van der Waals surface area contributed by atoms with Crippen molar-refractivity contribution in [2.45, 2.75) is 12.7 Å². The van der Waals surface area contributed by atoms with E-state index in [9.17, 15) is 22.0 Å². The van der Waals surface area contributed by atoms with E-state index in [0.29, 0.717) is 11.6 Å². The van der Waals surface area contributed by atoms with Gasteiger partial charge in [0.25, 0.3) is 0 Å². The Morgan fingerprint density at radius 3 is 2.57 bits per heavy atom. The third-order valence-electron chi connectivity index (χ3n) is 2.76. The molecule has 21 heavy (non-hydrogen) atoms. The minimum Gasteiger partial charge on any atom is -0.327 e. The molecule has 0 atom stereocenters. The zero-order valence-electron chi connectivity index (χ0n) is 11.0. The van der Waals surface area contributed by atoms with Gasteiger partial charge in [0.1, 0.15) is 11.6 Å². The molecule has 1 aromatic heterocycles. The van der Waals surface area contributed by atoms with Gasteiger partial charge in [0.15, 0.2) is 0 Å². The molecule has 5 nitrogen and oxygen atoms in total. The van der Waals surface area contributed by atoms with E-state index in [1.165, 1.54) is 12.3 Å². The van der Waals surface area contributed by atoms with Crippen molar-refractivity contribution in [1.29, 1.82) is 0 Å². The highest BCUT2D eigenvalue weighted by atomic mass is 32.2. The highest BCUT2D eigenvalue weighted by Crippen LogP contribution is 2.17. The zero-order chi connectivity index (χ0) is 15.6. The third kappa shape index (κ3) is 3.88. The number of pyridine rings is 1. The maximum absolute atomic E-state index is 13.5. The fourth-order valence-corrected chi connectivity index (χ4v) is 3.00. The summed E-state index contributed by atoms with van der Waals surface area (Å²) in [5.74, 6) is -2.35. The molecular weight excluding hydrogens is 302 g/mol. The molecule has 0 aliphatic rings. The maximum atomic E-state index is 13.5. The highest BCUT2D eigenvalue weighted by Gasteiger charge is 2.16. The monoisotopic (exact) mass is 314 g/mol. The van der Waals surface area contributed by atoms with Gasteiger partial charge in [0.05, 0.1) is 11.4 Å². The Morgan fingerprint density at radius 2 is 1.95 bits per heavy atom. The van der Waals surface area contributed by atoms with Gasteiger partial charge >= 0.3 is 0 Å². The fourth-order valence-electron chi connectivity index (χ4n) is 1.73. The first kappa shape index (κ1) is 15.2. The normalized spacial score (nSPS) is 11.4. The molecule has 0 bridgehead atoms. The first-order chi connectivity index (χ1) is 9.77. The molecule has 0 saturated carbocycles. The number of aromatic amines is 1. The first-order valence-corrected chi connectivity index (χ1v) is 7.56. The van der Waals surface area contributed by atoms with Crippen molar-refractivity contribution in [2.24, 2.45) is 0 Å². The summed E-state index contributed by atoms with van der Waals surface area (Å²) in [5.41, 5.74) is 0.116. The molecule has 1 aromatic carbocycles. The van der Waals surface area contributed by atoms with Crippen molar-refractivity contribution in [3.8, 4) is 0 Å². The molecule has 0 aliphatic carbocycles. The van der Waals surface area contributed by atoms with Crippen LogP contribution in [0, 0.1) is 18.6 Å². The van der Waals surface area contributed by atoms with E-state index in [2.05, 4.69) is 9.71 Å². The molecule has 2 N–H and O–H groups in total. The minimum atomic E-state index is -3.89. The summed E-state index contributed by atoms with van der Waals surface area (Å²) < 4.78 is 52.5. The second kappa shape index (κ2) is 5.65. The van der Waals surface area contributed by atoms with Gasteiger partial charge in [-0.15, -0.1) is 0 Å². The van der Waals surface area contributed by atoms with Gasteiger partial charge in [0.2, 0.25) is 15.6 Å². The number of H-pyrrole nitrogens is 1. The van der Waals surface area contributed by atoms with Gasteiger partial charge in [-0.25, -0.2) is 17.2 Å². The summed E-state index contributed by atoms with van der Waals surface area (Å²) in [6.45, 7) is 1.56. The Balaban J connectivity index is 2.24. The summed E-state index contributed by atoms with van der Waals surface area (Å²) in [4.78, 5) is 13.4. The molecule has 0 saturated heterocycles. The van der Waals surface area contributed by atoms with E-state index < -0.39 is 27.4 Å². The molecular formula is C13H12F2N2O3S. The zero-order valence-corrected chi connectivity index (χ0v) is 11.8. The van der Waals surface area contributed by atoms with Crippen molar-refractivity contribution in [2.75, 3.05) is 4.72 Å². The van der Waals surface area contributed by atoms with Crippen LogP contribution in [0.4, 0.5) is 14.5 Å². The lowest BCUT2D eigenvalue weighted by Crippen LogP contribution is -2.18. The van der Waals surface area contributed by atoms with E-state index in [1.54, 1.807) is 6.92 Å². The van der Waals surface area contributed by atoms with Gasteiger partial charge < -0.3 is 4.98 Å². The quantitative estimate of drug-likeness (QED) is 0.904. The molecule has 0 aliphatic heterocycles. The van der Waals surface area contributed by atoms with Crippen LogP contribution in [0.25, 0.3) is 0 Å². The lowest BCUT2D eigenvalue weighted by Gasteiger charge is -2.10.